The Kier molecular flexibility index (Phi) is 6.04. The second-order valence-electron chi connectivity index (χ2n) is 13.1. The fraction of sp³-hybridized carbons (Fsp3) is 0.515. The zero-order valence-corrected chi connectivity index (χ0v) is 23.4. The van der Waals surface area contributed by atoms with E-state index in [1.54, 1.807) is 18.4 Å². The number of hydrogen-bond acceptors (Lipinski definition) is 8. The summed E-state index contributed by atoms with van der Waals surface area (Å²) in [5.41, 5.74) is 6.84. The third-order valence-electron chi connectivity index (χ3n) is 11.1. The van der Waals surface area contributed by atoms with Gasteiger partial charge in [0.25, 0.3) is 0 Å². The van der Waals surface area contributed by atoms with Crippen LogP contribution in [0.5, 0.6) is 0 Å². The summed E-state index contributed by atoms with van der Waals surface area (Å²) in [4.78, 5) is 25.8. The number of anilines is 1. The standard InChI is InChI=1S/C33H37NO7/c1-31-9-8-22(36)13-20(31)6-7-24-25-14-28-33(27(38)16-35,32(25,2)15-26(37)29(24)31)41-30(40-28)19-12-23(39-17-19)11-18-4-3-5-21(34)10-18/h3-5,8-10,12-13,17,24-26,28-30,35,37H,6-7,11,14-16,34H2,1-2H3/t24-,25-,26-,28+,29+,30+,31-,32-,33+/m0/s1. The molecule has 41 heavy (non-hydrogen) atoms. The lowest BCUT2D eigenvalue weighted by atomic mass is 9.46. The van der Waals surface area contributed by atoms with Crippen LogP contribution in [0.3, 0.4) is 0 Å². The van der Waals surface area contributed by atoms with E-state index >= 15 is 0 Å². The molecule has 0 bridgehead atoms. The molecular formula is C33H37NO7. The van der Waals surface area contributed by atoms with Crippen molar-refractivity contribution < 1.29 is 33.7 Å². The fourth-order valence-corrected chi connectivity index (χ4v) is 9.35. The van der Waals surface area contributed by atoms with Gasteiger partial charge in [0.1, 0.15) is 12.4 Å². The summed E-state index contributed by atoms with van der Waals surface area (Å²) < 4.78 is 19.0. The molecule has 0 spiro atoms. The first-order valence-electron chi connectivity index (χ1n) is 14.6. The van der Waals surface area contributed by atoms with Gasteiger partial charge in [0.2, 0.25) is 0 Å². The van der Waals surface area contributed by atoms with E-state index in [9.17, 15) is 19.8 Å². The number of rotatable bonds is 5. The molecule has 4 fully saturated rings. The summed E-state index contributed by atoms with van der Waals surface area (Å²) >= 11 is 0. The molecule has 9 atom stereocenters. The van der Waals surface area contributed by atoms with Gasteiger partial charge >= 0.3 is 0 Å². The molecular weight excluding hydrogens is 522 g/mol. The average Bonchev–Trinajstić information content (AvgIpc) is 3.61. The summed E-state index contributed by atoms with van der Waals surface area (Å²) in [7, 11) is 0. The van der Waals surface area contributed by atoms with E-state index in [0.717, 1.165) is 29.7 Å². The van der Waals surface area contributed by atoms with Crippen LogP contribution in [0.1, 0.15) is 62.7 Å². The molecule has 8 nitrogen and oxygen atoms in total. The minimum absolute atomic E-state index is 0.00268. The van der Waals surface area contributed by atoms with Crippen molar-refractivity contribution >= 4 is 17.3 Å². The highest BCUT2D eigenvalue weighted by Gasteiger charge is 2.75. The van der Waals surface area contributed by atoms with Crippen molar-refractivity contribution in [2.24, 2.45) is 28.6 Å². The number of carbonyl (C=O) groups is 2. The van der Waals surface area contributed by atoms with Crippen molar-refractivity contribution in [2.45, 2.75) is 70.1 Å². The smallest absolute Gasteiger partial charge is 0.193 e. The topological polar surface area (TPSA) is 132 Å². The van der Waals surface area contributed by atoms with Crippen molar-refractivity contribution in [1.82, 2.24) is 0 Å². The Bertz CT molecular complexity index is 1480. The first-order chi connectivity index (χ1) is 19.6. The predicted octanol–water partition coefficient (Wildman–Crippen LogP) is 4.06. The summed E-state index contributed by atoms with van der Waals surface area (Å²) in [6.45, 7) is 3.49. The maximum absolute atomic E-state index is 13.7. The van der Waals surface area contributed by atoms with Gasteiger partial charge in [-0.15, -0.1) is 0 Å². The number of aliphatic hydroxyl groups excluding tert-OH is 2. The van der Waals surface area contributed by atoms with E-state index in [1.807, 2.05) is 43.3 Å². The Morgan fingerprint density at radius 1 is 1.22 bits per heavy atom. The lowest BCUT2D eigenvalue weighted by Crippen LogP contribution is -2.63. The van der Waals surface area contributed by atoms with Gasteiger partial charge in [-0.2, -0.15) is 0 Å². The first kappa shape index (κ1) is 26.8. The number of Topliss-reactive ketones (excluding diaryl/α,β-unsaturated/α-hetero) is 1. The van der Waals surface area contributed by atoms with Gasteiger partial charge in [0.15, 0.2) is 23.5 Å². The van der Waals surface area contributed by atoms with Crippen molar-refractivity contribution in [3.8, 4) is 0 Å². The second kappa shape index (κ2) is 9.23. The van der Waals surface area contributed by atoms with Crippen LogP contribution in [0.25, 0.3) is 0 Å². The van der Waals surface area contributed by atoms with Crippen LogP contribution in [-0.4, -0.2) is 46.2 Å². The number of nitrogen functional groups attached to an aromatic ring is 1. The Morgan fingerprint density at radius 3 is 2.83 bits per heavy atom. The quantitative estimate of drug-likeness (QED) is 0.468. The Labute approximate surface area is 239 Å². The third-order valence-corrected chi connectivity index (χ3v) is 11.1. The van der Waals surface area contributed by atoms with Crippen LogP contribution in [0.15, 0.2) is 64.8 Å². The second-order valence-corrected chi connectivity index (χ2v) is 13.1. The first-order valence-corrected chi connectivity index (χ1v) is 14.6. The SMILES string of the molecule is C[C@]12C=CC(=O)C=C1CC[C@@H]1[C@@H]2[C@@H](O)C[C@@]2(C)[C@H]1C[C@H]1O[C@@H](c3coc(Cc4cccc(N)c4)c3)O[C@]12C(=O)CO. The zero-order valence-electron chi connectivity index (χ0n) is 23.4. The van der Waals surface area contributed by atoms with Gasteiger partial charge in [-0.1, -0.05) is 37.6 Å². The van der Waals surface area contributed by atoms with Crippen LogP contribution in [0.2, 0.25) is 0 Å². The highest BCUT2D eigenvalue weighted by atomic mass is 16.7. The zero-order chi connectivity index (χ0) is 28.7. The van der Waals surface area contributed by atoms with Gasteiger partial charge in [0.05, 0.1) is 18.5 Å². The number of hydrogen-bond donors (Lipinski definition) is 3. The van der Waals surface area contributed by atoms with E-state index in [-0.39, 0.29) is 23.5 Å². The molecule has 2 heterocycles. The van der Waals surface area contributed by atoms with Crippen molar-refractivity contribution in [2.75, 3.05) is 12.3 Å². The number of fused-ring (bicyclic) bond motifs is 7. The molecule has 1 aliphatic heterocycles. The maximum Gasteiger partial charge on any atom is 0.193 e. The highest BCUT2D eigenvalue weighted by molar-refractivity contribution is 6.01. The average molecular weight is 560 g/mol. The van der Waals surface area contributed by atoms with Crippen molar-refractivity contribution in [1.29, 1.82) is 0 Å². The Hall–Kier alpha value is -3.04. The molecule has 0 radical (unpaired) electrons. The minimum atomic E-state index is -1.39. The highest BCUT2D eigenvalue weighted by Crippen LogP contribution is 2.70. The van der Waals surface area contributed by atoms with Crippen LogP contribution in [0.4, 0.5) is 5.69 Å². The molecule has 2 aromatic rings. The molecule has 7 rings (SSSR count). The van der Waals surface area contributed by atoms with Crippen LogP contribution in [-0.2, 0) is 25.5 Å². The number of allylic oxidation sites excluding steroid dienone is 4. The predicted molar refractivity (Wildman–Crippen MR) is 149 cm³/mol. The van der Waals surface area contributed by atoms with Crippen LogP contribution in [0, 0.1) is 28.6 Å². The van der Waals surface area contributed by atoms with Crippen LogP contribution >= 0.6 is 0 Å². The monoisotopic (exact) mass is 559 g/mol. The molecule has 216 valence electrons. The molecule has 1 aromatic heterocycles. The molecule has 3 saturated carbocycles. The van der Waals surface area contributed by atoms with Crippen LogP contribution < -0.4 is 5.73 Å². The number of ketones is 2. The number of furan rings is 1. The number of carbonyl (C=O) groups excluding carboxylic acids is 2. The molecule has 4 aliphatic carbocycles. The van der Waals surface area contributed by atoms with E-state index in [2.05, 4.69) is 6.92 Å². The van der Waals surface area contributed by atoms with Gasteiger partial charge < -0.3 is 29.8 Å². The van der Waals surface area contributed by atoms with Crippen molar-refractivity contribution in [3.63, 3.8) is 0 Å². The number of benzene rings is 1. The normalized spacial score (nSPS) is 40.9. The number of nitrogens with two attached hydrogens (primary N) is 1. The molecule has 1 saturated heterocycles. The van der Waals surface area contributed by atoms with Gasteiger partial charge in [-0.3, -0.25) is 9.59 Å². The largest absolute Gasteiger partial charge is 0.469 e. The molecule has 5 aliphatic rings. The van der Waals surface area contributed by atoms with Gasteiger partial charge in [-0.25, -0.2) is 0 Å². The van der Waals surface area contributed by atoms with E-state index in [0.29, 0.717) is 30.5 Å². The molecule has 4 N–H and O–H groups in total. The van der Waals surface area contributed by atoms with Gasteiger partial charge in [-0.05, 0) is 73.4 Å². The van der Waals surface area contributed by atoms with E-state index in [4.69, 9.17) is 19.6 Å². The molecule has 0 unspecified atom stereocenters. The van der Waals surface area contributed by atoms with Crippen molar-refractivity contribution in [3.05, 3.63) is 77.3 Å². The van der Waals surface area contributed by atoms with Gasteiger partial charge in [0, 0.05) is 34.4 Å². The number of aliphatic hydroxyl groups is 2. The maximum atomic E-state index is 13.7. The fourth-order valence-electron chi connectivity index (χ4n) is 9.35. The summed E-state index contributed by atoms with van der Waals surface area (Å²) in [5.74, 6) is 0.388. The third kappa shape index (κ3) is 3.74. The molecule has 0 amide bonds. The lowest BCUT2D eigenvalue weighted by Gasteiger charge is -2.59. The van der Waals surface area contributed by atoms with E-state index < -0.39 is 47.3 Å². The van der Waals surface area contributed by atoms with E-state index in [1.165, 1.54) is 0 Å². The Morgan fingerprint density at radius 2 is 2.05 bits per heavy atom. The summed E-state index contributed by atoms with van der Waals surface area (Å²) in [5, 5.41) is 22.0. The molecule has 1 aromatic carbocycles. The summed E-state index contributed by atoms with van der Waals surface area (Å²) in [6.07, 6.45) is 7.90. The Balaban J connectivity index is 1.19. The molecule has 8 heteroatoms. The number of ether oxygens (including phenoxy) is 2. The lowest BCUT2D eigenvalue weighted by molar-refractivity contribution is -0.201. The minimum Gasteiger partial charge on any atom is -0.469 e. The summed E-state index contributed by atoms with van der Waals surface area (Å²) in [6, 6.07) is 9.50.